The number of fused-ring (bicyclic) bond motifs is 1. The van der Waals surface area contributed by atoms with Crippen molar-refractivity contribution >= 4 is 34.1 Å². The van der Waals surface area contributed by atoms with Gasteiger partial charge in [0.2, 0.25) is 0 Å². The molecular weight excluding hydrogens is 328 g/mol. The average molecular weight is 342 g/mol. The number of aromatic nitrogens is 5. The molecule has 0 amide bonds. The van der Waals surface area contributed by atoms with Gasteiger partial charge in [-0.05, 0) is 37.4 Å². The first-order valence-electron chi connectivity index (χ1n) is 7.14. The third-order valence-electron chi connectivity index (χ3n) is 3.42. The van der Waals surface area contributed by atoms with Crippen LogP contribution in [0.4, 0.5) is 5.82 Å². The van der Waals surface area contributed by atoms with E-state index in [1.807, 2.05) is 35.2 Å². The number of rotatable bonds is 4. The maximum Gasteiger partial charge on any atom is 0.186 e. The molecule has 0 radical (unpaired) electrons. The molecule has 0 bridgehead atoms. The summed E-state index contributed by atoms with van der Waals surface area (Å²) >= 11 is 3.32. The van der Waals surface area contributed by atoms with Gasteiger partial charge in [-0.2, -0.15) is 15.9 Å². The Labute approximate surface area is 140 Å². The van der Waals surface area contributed by atoms with E-state index in [1.165, 1.54) is 4.88 Å². The van der Waals surface area contributed by atoms with E-state index in [9.17, 15) is 0 Å². The molecule has 116 valence electrons. The predicted molar refractivity (Wildman–Crippen MR) is 93.0 cm³/mol. The van der Waals surface area contributed by atoms with E-state index in [0.29, 0.717) is 0 Å². The minimum absolute atomic E-state index is 0.0970. The van der Waals surface area contributed by atoms with Gasteiger partial charge in [0.15, 0.2) is 11.5 Å². The summed E-state index contributed by atoms with van der Waals surface area (Å²) in [5.74, 6) is 1.52. The zero-order valence-corrected chi connectivity index (χ0v) is 14.2. The molecule has 8 heteroatoms. The highest BCUT2D eigenvalue weighted by Crippen LogP contribution is 2.24. The number of thiophene rings is 1. The van der Waals surface area contributed by atoms with Crippen molar-refractivity contribution in [2.75, 3.05) is 5.32 Å². The number of hydrogen-bond donors (Lipinski definition) is 1. The molecule has 1 unspecified atom stereocenters. The highest BCUT2D eigenvalue weighted by Gasteiger charge is 2.13. The molecule has 23 heavy (non-hydrogen) atoms. The molecule has 4 aromatic rings. The standard InChI is InChI=1S/C15H14N6S2/c1-9-7-16-15(23-9)10(2)17-12-3-4-13-18-19-14(21(13)20-12)11-5-6-22-8-11/h3-8,10H,1-2H3,(H,17,20). The van der Waals surface area contributed by atoms with E-state index < -0.39 is 0 Å². The lowest BCUT2D eigenvalue weighted by Crippen LogP contribution is -2.09. The lowest BCUT2D eigenvalue weighted by molar-refractivity contribution is 0.837. The van der Waals surface area contributed by atoms with Crippen LogP contribution in [0.1, 0.15) is 22.9 Å². The van der Waals surface area contributed by atoms with Crippen molar-refractivity contribution in [3.05, 3.63) is 45.0 Å². The second kappa shape index (κ2) is 5.71. The normalized spacial score (nSPS) is 12.6. The summed E-state index contributed by atoms with van der Waals surface area (Å²) < 4.78 is 1.77. The van der Waals surface area contributed by atoms with E-state index in [2.05, 4.69) is 39.4 Å². The number of aryl methyl sites for hydroxylation is 1. The summed E-state index contributed by atoms with van der Waals surface area (Å²) in [5, 5.41) is 21.5. The van der Waals surface area contributed by atoms with Crippen molar-refractivity contribution in [2.45, 2.75) is 19.9 Å². The topological polar surface area (TPSA) is 68.0 Å². The molecule has 0 aliphatic rings. The van der Waals surface area contributed by atoms with Gasteiger partial charge in [-0.1, -0.05) is 0 Å². The van der Waals surface area contributed by atoms with Crippen LogP contribution in [0.3, 0.4) is 0 Å². The molecule has 6 nitrogen and oxygen atoms in total. The van der Waals surface area contributed by atoms with Gasteiger partial charge in [0.1, 0.15) is 10.8 Å². The maximum absolute atomic E-state index is 4.63. The molecule has 0 saturated heterocycles. The zero-order valence-electron chi connectivity index (χ0n) is 12.6. The van der Waals surface area contributed by atoms with Crippen LogP contribution in [-0.4, -0.2) is 24.8 Å². The van der Waals surface area contributed by atoms with Gasteiger partial charge in [0.05, 0.1) is 6.04 Å². The van der Waals surface area contributed by atoms with Crippen molar-refractivity contribution in [1.82, 2.24) is 24.8 Å². The Morgan fingerprint density at radius 1 is 1.22 bits per heavy atom. The van der Waals surface area contributed by atoms with E-state index >= 15 is 0 Å². The van der Waals surface area contributed by atoms with Gasteiger partial charge < -0.3 is 5.32 Å². The monoisotopic (exact) mass is 342 g/mol. The van der Waals surface area contributed by atoms with Crippen molar-refractivity contribution in [3.8, 4) is 11.4 Å². The Morgan fingerprint density at radius 3 is 2.87 bits per heavy atom. The first-order chi connectivity index (χ1) is 11.2. The zero-order chi connectivity index (χ0) is 15.8. The first-order valence-corrected chi connectivity index (χ1v) is 8.90. The van der Waals surface area contributed by atoms with Gasteiger partial charge in [0.25, 0.3) is 0 Å². The molecule has 1 atom stereocenters. The summed E-state index contributed by atoms with van der Waals surface area (Å²) in [6.07, 6.45) is 1.89. The molecule has 0 aromatic carbocycles. The van der Waals surface area contributed by atoms with Crippen LogP contribution in [-0.2, 0) is 0 Å². The van der Waals surface area contributed by atoms with Crippen LogP contribution in [0.25, 0.3) is 17.0 Å². The molecule has 1 N–H and O–H groups in total. The predicted octanol–water partition coefficient (Wildman–Crippen LogP) is 3.79. The minimum atomic E-state index is 0.0970. The van der Waals surface area contributed by atoms with Gasteiger partial charge in [-0.3, -0.25) is 0 Å². The fraction of sp³-hybridized carbons (Fsp3) is 0.200. The Balaban J connectivity index is 1.67. The highest BCUT2D eigenvalue weighted by atomic mass is 32.1. The van der Waals surface area contributed by atoms with Gasteiger partial charge in [-0.25, -0.2) is 4.98 Å². The third kappa shape index (κ3) is 2.71. The van der Waals surface area contributed by atoms with E-state index in [-0.39, 0.29) is 6.04 Å². The summed E-state index contributed by atoms with van der Waals surface area (Å²) in [4.78, 5) is 5.62. The SMILES string of the molecule is Cc1cnc(C(C)Nc2ccc3nnc(-c4ccsc4)n3n2)s1. The second-order valence-electron chi connectivity index (χ2n) is 5.20. The van der Waals surface area contributed by atoms with Crippen LogP contribution in [0.15, 0.2) is 35.2 Å². The molecule has 4 aromatic heterocycles. The van der Waals surface area contributed by atoms with Crippen molar-refractivity contribution in [2.24, 2.45) is 0 Å². The Bertz CT molecular complexity index is 940. The van der Waals surface area contributed by atoms with Crippen LogP contribution < -0.4 is 5.32 Å². The lowest BCUT2D eigenvalue weighted by atomic mass is 10.3. The molecule has 0 aliphatic carbocycles. The fourth-order valence-corrected chi connectivity index (χ4v) is 3.70. The molecule has 4 heterocycles. The van der Waals surface area contributed by atoms with Gasteiger partial charge in [-0.15, -0.1) is 26.6 Å². The molecule has 0 spiro atoms. The number of thiazole rings is 1. The Hall–Kier alpha value is -2.32. The smallest absolute Gasteiger partial charge is 0.186 e. The molecule has 0 saturated carbocycles. The summed E-state index contributed by atoms with van der Waals surface area (Å²) in [5.41, 5.74) is 1.75. The second-order valence-corrected chi connectivity index (χ2v) is 7.25. The van der Waals surface area contributed by atoms with Crippen LogP contribution >= 0.6 is 22.7 Å². The van der Waals surface area contributed by atoms with Crippen LogP contribution in [0.2, 0.25) is 0 Å². The Morgan fingerprint density at radius 2 is 2.13 bits per heavy atom. The minimum Gasteiger partial charge on any atom is -0.360 e. The van der Waals surface area contributed by atoms with Crippen LogP contribution in [0, 0.1) is 6.92 Å². The first kappa shape index (κ1) is 14.3. The number of anilines is 1. The quantitative estimate of drug-likeness (QED) is 0.611. The maximum atomic E-state index is 4.63. The van der Waals surface area contributed by atoms with E-state index in [1.54, 1.807) is 27.2 Å². The summed E-state index contributed by atoms with van der Waals surface area (Å²) in [6.45, 7) is 4.14. The number of hydrogen-bond acceptors (Lipinski definition) is 7. The summed E-state index contributed by atoms with van der Waals surface area (Å²) in [6, 6.07) is 5.94. The van der Waals surface area contributed by atoms with Gasteiger partial charge in [0, 0.05) is 22.0 Å². The third-order valence-corrected chi connectivity index (χ3v) is 5.19. The summed E-state index contributed by atoms with van der Waals surface area (Å²) in [7, 11) is 0. The largest absolute Gasteiger partial charge is 0.360 e. The van der Waals surface area contributed by atoms with Crippen LogP contribution in [0.5, 0.6) is 0 Å². The number of nitrogens with one attached hydrogen (secondary N) is 1. The molecule has 4 rings (SSSR count). The highest BCUT2D eigenvalue weighted by molar-refractivity contribution is 7.11. The van der Waals surface area contributed by atoms with Gasteiger partial charge >= 0.3 is 0 Å². The molecule has 0 aliphatic heterocycles. The molecular formula is C15H14N6S2. The van der Waals surface area contributed by atoms with Crippen molar-refractivity contribution < 1.29 is 0 Å². The Kier molecular flexibility index (Phi) is 3.55. The lowest BCUT2D eigenvalue weighted by Gasteiger charge is -2.11. The molecule has 0 fully saturated rings. The number of nitrogens with zero attached hydrogens (tertiary/aromatic N) is 5. The average Bonchev–Trinajstić information content (AvgIpc) is 3.26. The van der Waals surface area contributed by atoms with E-state index in [0.717, 1.165) is 27.9 Å². The van der Waals surface area contributed by atoms with E-state index in [4.69, 9.17) is 0 Å². The van der Waals surface area contributed by atoms with Crippen molar-refractivity contribution in [1.29, 1.82) is 0 Å². The fourth-order valence-electron chi connectivity index (χ4n) is 2.29. The van der Waals surface area contributed by atoms with Crippen molar-refractivity contribution in [3.63, 3.8) is 0 Å².